The molecule has 8 heteroatoms. The Morgan fingerprint density at radius 1 is 0.931 bits per heavy atom. The van der Waals surface area contributed by atoms with Crippen LogP contribution >= 0.6 is 11.3 Å². The Kier molecular flexibility index (Phi) is 5.75. The topological polar surface area (TPSA) is 84.8 Å². The first-order valence-corrected chi connectivity index (χ1v) is 11.3. The quantitative estimate of drug-likeness (QED) is 0.487. The first-order valence-electron chi connectivity index (χ1n) is 8.91. The predicted octanol–water partition coefficient (Wildman–Crippen LogP) is 3.86. The summed E-state index contributed by atoms with van der Waals surface area (Å²) in [7, 11) is -3.71. The maximum Gasteiger partial charge on any atom is 0.201 e. The molecule has 1 N–H and O–H groups in total. The van der Waals surface area contributed by atoms with Crippen LogP contribution < -0.4 is 5.32 Å². The van der Waals surface area contributed by atoms with Crippen molar-refractivity contribution in [3.63, 3.8) is 0 Å². The Labute approximate surface area is 173 Å². The summed E-state index contributed by atoms with van der Waals surface area (Å²) >= 11 is 1.58. The third-order valence-electron chi connectivity index (χ3n) is 4.35. The zero-order chi connectivity index (χ0) is 20.1. The van der Waals surface area contributed by atoms with Gasteiger partial charge >= 0.3 is 0 Å². The second kappa shape index (κ2) is 8.60. The summed E-state index contributed by atoms with van der Waals surface area (Å²) in [6.45, 7) is 0.374. The fourth-order valence-corrected chi connectivity index (χ4v) is 5.05. The van der Waals surface area contributed by atoms with Crippen LogP contribution in [-0.2, 0) is 16.4 Å². The van der Waals surface area contributed by atoms with E-state index >= 15 is 0 Å². The van der Waals surface area contributed by atoms with Crippen LogP contribution in [0.2, 0.25) is 0 Å². The molecule has 0 amide bonds. The number of hydrogen-bond acceptors (Lipinski definition) is 7. The highest BCUT2D eigenvalue weighted by Gasteiger charge is 2.30. The Hall–Kier alpha value is -2.94. The number of aromatic nitrogens is 3. The first kappa shape index (κ1) is 19.4. The van der Waals surface area contributed by atoms with Crippen molar-refractivity contribution in [2.75, 3.05) is 0 Å². The van der Waals surface area contributed by atoms with Crippen molar-refractivity contribution in [2.24, 2.45) is 0 Å². The molecule has 1 atom stereocenters. The first-order chi connectivity index (χ1) is 14.1. The van der Waals surface area contributed by atoms with Crippen molar-refractivity contribution in [3.05, 3.63) is 96.0 Å². The van der Waals surface area contributed by atoms with Crippen molar-refractivity contribution < 1.29 is 8.42 Å². The van der Waals surface area contributed by atoms with E-state index in [1.807, 2.05) is 29.6 Å². The van der Waals surface area contributed by atoms with Crippen molar-refractivity contribution in [1.29, 1.82) is 0 Å². The summed E-state index contributed by atoms with van der Waals surface area (Å²) in [6.07, 6.45) is 6.27. The van der Waals surface area contributed by atoms with E-state index in [-0.39, 0.29) is 4.90 Å². The van der Waals surface area contributed by atoms with Crippen LogP contribution in [0.4, 0.5) is 0 Å². The molecule has 29 heavy (non-hydrogen) atoms. The smallest absolute Gasteiger partial charge is 0.201 e. The van der Waals surface area contributed by atoms with Gasteiger partial charge in [-0.1, -0.05) is 30.3 Å². The summed E-state index contributed by atoms with van der Waals surface area (Å²) < 4.78 is 26.4. The lowest BCUT2D eigenvalue weighted by molar-refractivity contribution is 0.550. The fraction of sp³-hybridized carbons (Fsp3) is 0.0952. The van der Waals surface area contributed by atoms with Gasteiger partial charge in [0, 0.05) is 42.3 Å². The molecule has 0 fully saturated rings. The monoisotopic (exact) mass is 422 g/mol. The lowest BCUT2D eigenvalue weighted by Crippen LogP contribution is -2.29. The normalized spacial score (nSPS) is 12.6. The van der Waals surface area contributed by atoms with Crippen LogP contribution in [0.5, 0.6) is 0 Å². The van der Waals surface area contributed by atoms with E-state index in [1.54, 1.807) is 60.3 Å². The van der Waals surface area contributed by atoms with Crippen molar-refractivity contribution in [3.8, 4) is 10.6 Å². The summed E-state index contributed by atoms with van der Waals surface area (Å²) in [5.41, 5.74) is 2.44. The van der Waals surface area contributed by atoms with Gasteiger partial charge in [0.05, 0.1) is 10.6 Å². The second-order valence-electron chi connectivity index (χ2n) is 6.28. The molecule has 0 bridgehead atoms. The van der Waals surface area contributed by atoms with E-state index < -0.39 is 15.2 Å². The molecule has 1 aromatic carbocycles. The third kappa shape index (κ3) is 4.40. The fourth-order valence-electron chi connectivity index (χ4n) is 2.90. The van der Waals surface area contributed by atoms with Crippen molar-refractivity contribution in [2.45, 2.75) is 16.8 Å². The number of thiazole rings is 1. The van der Waals surface area contributed by atoms with Crippen LogP contribution in [0.15, 0.2) is 89.7 Å². The van der Waals surface area contributed by atoms with Gasteiger partial charge in [0.2, 0.25) is 9.84 Å². The SMILES string of the molecule is O=S(=O)(c1cccnc1)C(NCc1ccc(-c2nccs2)cc1)c1ccccn1. The molecule has 4 aromatic rings. The van der Waals surface area contributed by atoms with E-state index in [2.05, 4.69) is 20.3 Å². The van der Waals surface area contributed by atoms with E-state index in [9.17, 15) is 8.42 Å². The zero-order valence-electron chi connectivity index (χ0n) is 15.3. The lowest BCUT2D eigenvalue weighted by Gasteiger charge is -2.19. The van der Waals surface area contributed by atoms with Crippen LogP contribution in [0.3, 0.4) is 0 Å². The van der Waals surface area contributed by atoms with Gasteiger partial charge in [-0.15, -0.1) is 11.3 Å². The molecule has 0 radical (unpaired) electrons. The molecule has 4 rings (SSSR count). The molecule has 3 heterocycles. The van der Waals surface area contributed by atoms with E-state index in [0.717, 1.165) is 16.1 Å². The molecular formula is C21H18N4O2S2. The molecule has 3 aromatic heterocycles. The van der Waals surface area contributed by atoms with Crippen LogP contribution in [0.25, 0.3) is 10.6 Å². The number of pyridine rings is 2. The Morgan fingerprint density at radius 3 is 2.45 bits per heavy atom. The second-order valence-corrected chi connectivity index (χ2v) is 9.21. The molecule has 0 aliphatic carbocycles. The predicted molar refractivity (Wildman–Crippen MR) is 113 cm³/mol. The maximum absolute atomic E-state index is 13.2. The minimum atomic E-state index is -3.71. The molecule has 0 saturated heterocycles. The molecule has 1 unspecified atom stereocenters. The summed E-state index contributed by atoms with van der Waals surface area (Å²) in [4.78, 5) is 12.7. The number of nitrogens with zero attached hydrogens (tertiary/aromatic N) is 3. The van der Waals surface area contributed by atoms with Gasteiger partial charge in [0.25, 0.3) is 0 Å². The maximum atomic E-state index is 13.2. The average molecular weight is 423 g/mol. The Morgan fingerprint density at radius 2 is 1.79 bits per heavy atom. The minimum Gasteiger partial charge on any atom is -0.292 e. The van der Waals surface area contributed by atoms with E-state index in [1.165, 1.54) is 6.20 Å². The minimum absolute atomic E-state index is 0.155. The van der Waals surface area contributed by atoms with Crippen LogP contribution in [0, 0.1) is 0 Å². The zero-order valence-corrected chi connectivity index (χ0v) is 17.0. The highest BCUT2D eigenvalue weighted by atomic mass is 32.2. The van der Waals surface area contributed by atoms with E-state index in [0.29, 0.717) is 12.2 Å². The van der Waals surface area contributed by atoms with Gasteiger partial charge in [-0.2, -0.15) is 0 Å². The lowest BCUT2D eigenvalue weighted by atomic mass is 10.1. The molecule has 0 aliphatic heterocycles. The molecule has 0 saturated carbocycles. The van der Waals surface area contributed by atoms with Crippen LogP contribution in [-0.4, -0.2) is 23.4 Å². The number of sulfone groups is 1. The summed E-state index contributed by atoms with van der Waals surface area (Å²) in [5, 5.41) is 5.06. The van der Waals surface area contributed by atoms with Crippen molar-refractivity contribution >= 4 is 21.2 Å². The number of rotatable bonds is 7. The average Bonchev–Trinajstić information content (AvgIpc) is 3.31. The standard InChI is InChI=1S/C21H18N4O2S2/c26-29(27,18-4-3-10-22-15-18)21(19-5-1-2-11-23-19)25-14-16-6-8-17(9-7-16)20-24-12-13-28-20/h1-13,15,21,25H,14H2. The highest BCUT2D eigenvalue weighted by molar-refractivity contribution is 7.91. The summed E-state index contributed by atoms with van der Waals surface area (Å²) in [6, 6.07) is 16.3. The molecule has 0 spiro atoms. The number of nitrogens with one attached hydrogen (secondary N) is 1. The number of benzene rings is 1. The Bertz CT molecular complexity index is 1150. The molecule has 146 valence electrons. The number of hydrogen-bond donors (Lipinski definition) is 1. The van der Waals surface area contributed by atoms with Gasteiger partial charge in [-0.05, 0) is 29.8 Å². The molecule has 0 aliphatic rings. The largest absolute Gasteiger partial charge is 0.292 e. The van der Waals surface area contributed by atoms with E-state index in [4.69, 9.17) is 0 Å². The van der Waals surface area contributed by atoms with Gasteiger partial charge in [-0.25, -0.2) is 13.4 Å². The van der Waals surface area contributed by atoms with Gasteiger partial charge < -0.3 is 0 Å². The van der Waals surface area contributed by atoms with Crippen molar-refractivity contribution in [1.82, 2.24) is 20.3 Å². The third-order valence-corrected chi connectivity index (χ3v) is 7.10. The highest BCUT2D eigenvalue weighted by Crippen LogP contribution is 2.26. The summed E-state index contributed by atoms with van der Waals surface area (Å²) in [5.74, 6) is 0. The Balaban J connectivity index is 1.58. The molecular weight excluding hydrogens is 404 g/mol. The van der Waals surface area contributed by atoms with Gasteiger partial charge in [0.15, 0.2) is 5.37 Å². The van der Waals surface area contributed by atoms with Gasteiger partial charge in [-0.3, -0.25) is 15.3 Å². The van der Waals surface area contributed by atoms with Crippen LogP contribution in [0.1, 0.15) is 16.6 Å². The molecule has 6 nitrogen and oxygen atoms in total. The van der Waals surface area contributed by atoms with Gasteiger partial charge in [0.1, 0.15) is 5.01 Å².